The number of benzene rings is 1. The van der Waals surface area contributed by atoms with Crippen LogP contribution in [0.2, 0.25) is 0 Å². The first-order chi connectivity index (χ1) is 18.2. The fourth-order valence-electron chi connectivity index (χ4n) is 5.36. The number of ether oxygens (including phenoxy) is 4. The number of hydrogen-bond donors (Lipinski definition) is 0. The van der Waals surface area contributed by atoms with Gasteiger partial charge in [-0.15, -0.1) is 0 Å². The van der Waals surface area contributed by atoms with Crippen molar-refractivity contribution in [3.05, 3.63) is 35.9 Å². The Morgan fingerprint density at radius 1 is 0.872 bits per heavy atom. The number of amides is 2. The Morgan fingerprint density at radius 3 is 1.97 bits per heavy atom. The molecule has 0 radical (unpaired) electrons. The summed E-state index contributed by atoms with van der Waals surface area (Å²) in [7, 11) is 0. The van der Waals surface area contributed by atoms with Crippen LogP contribution in [0.4, 0.5) is 9.59 Å². The Morgan fingerprint density at radius 2 is 1.44 bits per heavy atom. The van der Waals surface area contributed by atoms with Crippen LogP contribution >= 0.6 is 0 Å². The van der Waals surface area contributed by atoms with Gasteiger partial charge in [-0.05, 0) is 92.1 Å². The second kappa shape index (κ2) is 13.2. The molecule has 2 aliphatic rings. The third-order valence-corrected chi connectivity index (χ3v) is 7.04. The molecule has 0 spiro atoms. The Hall–Kier alpha value is -2.61. The number of imide groups is 1. The lowest BCUT2D eigenvalue weighted by Crippen LogP contribution is -2.53. The van der Waals surface area contributed by atoms with Crippen LogP contribution < -0.4 is 0 Å². The highest BCUT2D eigenvalue weighted by atomic mass is 16.6. The number of rotatable bonds is 5. The number of cyclic esters (lactones) is 1. The van der Waals surface area contributed by atoms with Gasteiger partial charge in [-0.25, -0.2) is 14.4 Å². The van der Waals surface area contributed by atoms with Crippen LogP contribution in [0, 0.1) is 5.92 Å². The van der Waals surface area contributed by atoms with Crippen LogP contribution in [0.25, 0.3) is 0 Å². The third-order valence-electron chi connectivity index (χ3n) is 7.04. The van der Waals surface area contributed by atoms with E-state index in [4.69, 9.17) is 18.9 Å². The van der Waals surface area contributed by atoms with E-state index in [0.29, 0.717) is 6.42 Å². The smallest absolute Gasteiger partial charge is 0.420 e. The predicted octanol–water partition coefficient (Wildman–Crippen LogP) is 6.83. The average Bonchev–Trinajstić information content (AvgIpc) is 3.33. The maximum absolute atomic E-state index is 13.6. The maximum atomic E-state index is 13.6. The Bertz CT molecular complexity index is 931. The Labute approximate surface area is 233 Å². The number of esters is 1. The second-order valence-corrected chi connectivity index (χ2v) is 12.9. The lowest BCUT2D eigenvalue weighted by molar-refractivity contribution is -0.168. The minimum absolute atomic E-state index is 0.103. The highest BCUT2D eigenvalue weighted by Gasteiger charge is 2.44. The molecule has 1 saturated carbocycles. The van der Waals surface area contributed by atoms with E-state index in [9.17, 15) is 14.4 Å². The van der Waals surface area contributed by atoms with E-state index in [2.05, 4.69) is 12.1 Å². The van der Waals surface area contributed by atoms with Crippen molar-refractivity contribution in [1.82, 2.24) is 4.90 Å². The van der Waals surface area contributed by atoms with Gasteiger partial charge in [-0.3, -0.25) is 0 Å². The molecule has 0 unspecified atom stereocenters. The van der Waals surface area contributed by atoms with E-state index in [-0.39, 0.29) is 24.5 Å². The molecule has 1 aromatic rings. The molecule has 8 heteroatoms. The summed E-state index contributed by atoms with van der Waals surface area (Å²) >= 11 is 0. The molecule has 1 saturated heterocycles. The van der Waals surface area contributed by atoms with Gasteiger partial charge < -0.3 is 18.9 Å². The van der Waals surface area contributed by atoms with E-state index in [1.165, 1.54) is 5.56 Å². The Kier molecular flexibility index (Phi) is 10.4. The van der Waals surface area contributed by atoms with Crippen molar-refractivity contribution >= 4 is 18.2 Å². The lowest BCUT2D eigenvalue weighted by Gasteiger charge is -2.34. The van der Waals surface area contributed by atoms with Gasteiger partial charge in [0, 0.05) is 0 Å². The van der Waals surface area contributed by atoms with Crippen molar-refractivity contribution in [1.29, 1.82) is 0 Å². The lowest BCUT2D eigenvalue weighted by atomic mass is 9.86. The van der Waals surface area contributed by atoms with E-state index in [0.717, 1.165) is 43.4 Å². The van der Waals surface area contributed by atoms with Gasteiger partial charge >= 0.3 is 18.2 Å². The second-order valence-electron chi connectivity index (χ2n) is 12.9. The SMILES string of the molecule is C[C@@H]1OC(=O)[C@@H](N(C(=O)OC(C)(C)C)C(=O)OC(C)(C)C)CCC[C@H](Cc2ccccc2)[C@H]1OC1CCCC1. The number of carbonyl (C=O) groups is 3. The molecular formula is C31H47NO7. The third kappa shape index (κ3) is 9.52. The molecule has 39 heavy (non-hydrogen) atoms. The van der Waals surface area contributed by atoms with Gasteiger partial charge in [0.1, 0.15) is 23.3 Å². The van der Waals surface area contributed by atoms with Crippen LogP contribution in [0.1, 0.15) is 99.0 Å². The number of hydrogen-bond acceptors (Lipinski definition) is 7. The summed E-state index contributed by atoms with van der Waals surface area (Å²) in [6, 6.07) is 9.08. The van der Waals surface area contributed by atoms with Crippen molar-refractivity contribution in [3.63, 3.8) is 0 Å². The van der Waals surface area contributed by atoms with Gasteiger partial charge in [-0.1, -0.05) is 49.6 Å². The first kappa shape index (κ1) is 30.9. The maximum Gasteiger partial charge on any atom is 0.420 e. The Balaban J connectivity index is 1.90. The predicted molar refractivity (Wildman–Crippen MR) is 148 cm³/mol. The van der Waals surface area contributed by atoms with Crippen LogP contribution in [-0.4, -0.2) is 58.6 Å². The van der Waals surface area contributed by atoms with Crippen molar-refractivity contribution in [2.75, 3.05) is 0 Å². The first-order valence-electron chi connectivity index (χ1n) is 14.4. The zero-order valence-corrected chi connectivity index (χ0v) is 24.7. The molecule has 2 fully saturated rings. The minimum atomic E-state index is -1.17. The summed E-state index contributed by atoms with van der Waals surface area (Å²) in [6.45, 7) is 12.1. The van der Waals surface area contributed by atoms with Gasteiger partial charge in [0.05, 0.1) is 12.2 Å². The molecule has 218 valence electrons. The molecular weight excluding hydrogens is 498 g/mol. The van der Waals surface area contributed by atoms with Crippen molar-refractivity contribution in [3.8, 4) is 0 Å². The normalized spacial score (nSPS) is 25.2. The molecule has 0 aromatic heterocycles. The van der Waals surface area contributed by atoms with Gasteiger partial charge in [0.2, 0.25) is 0 Å². The number of nitrogens with zero attached hydrogens (tertiary/aromatic N) is 1. The number of carbonyl (C=O) groups excluding carboxylic acids is 3. The summed E-state index contributed by atoms with van der Waals surface area (Å²) < 4.78 is 23.7. The molecule has 1 aliphatic heterocycles. The van der Waals surface area contributed by atoms with Gasteiger partial charge in [0.25, 0.3) is 0 Å². The highest BCUT2D eigenvalue weighted by molar-refractivity contribution is 5.94. The van der Waals surface area contributed by atoms with Crippen LogP contribution in [0.3, 0.4) is 0 Å². The minimum Gasteiger partial charge on any atom is -0.458 e. The topological polar surface area (TPSA) is 91.4 Å². The molecule has 0 N–H and O–H groups in total. The van der Waals surface area contributed by atoms with E-state index < -0.39 is 41.5 Å². The van der Waals surface area contributed by atoms with Crippen molar-refractivity contribution in [2.24, 2.45) is 5.92 Å². The molecule has 1 aliphatic carbocycles. The largest absolute Gasteiger partial charge is 0.458 e. The van der Waals surface area contributed by atoms with Gasteiger partial charge in [0.15, 0.2) is 0 Å². The molecule has 3 rings (SSSR count). The fourth-order valence-corrected chi connectivity index (χ4v) is 5.36. The molecule has 8 nitrogen and oxygen atoms in total. The molecule has 2 amide bonds. The molecule has 0 bridgehead atoms. The summed E-state index contributed by atoms with van der Waals surface area (Å²) in [5, 5.41) is 0. The van der Waals surface area contributed by atoms with Crippen molar-refractivity contribution < 1.29 is 33.3 Å². The van der Waals surface area contributed by atoms with E-state index >= 15 is 0 Å². The summed E-state index contributed by atoms with van der Waals surface area (Å²) in [6.07, 6.45) is 4.08. The highest BCUT2D eigenvalue weighted by Crippen LogP contribution is 2.33. The van der Waals surface area contributed by atoms with Crippen molar-refractivity contribution in [2.45, 2.75) is 135 Å². The van der Waals surface area contributed by atoms with Crippen LogP contribution in [0.15, 0.2) is 30.3 Å². The molecule has 4 atom stereocenters. The zero-order valence-electron chi connectivity index (χ0n) is 24.7. The average molecular weight is 546 g/mol. The first-order valence-corrected chi connectivity index (χ1v) is 14.4. The van der Waals surface area contributed by atoms with Crippen LogP contribution in [-0.2, 0) is 30.2 Å². The summed E-state index contributed by atoms with van der Waals surface area (Å²) in [4.78, 5) is 41.0. The monoisotopic (exact) mass is 545 g/mol. The quantitative estimate of drug-likeness (QED) is 0.296. The standard InChI is InChI=1S/C31H47NO7/c1-21-26(37-24-17-11-12-18-24)23(20-22-14-9-8-10-15-22)16-13-19-25(27(33)36-21)32(28(34)38-30(2,3)4)29(35)39-31(5,6)7/h8-10,14-15,21,23-26H,11-13,16-20H2,1-7H3/t21-,23+,25-,26-/m0/s1. The fraction of sp³-hybridized carbons (Fsp3) is 0.710. The van der Waals surface area contributed by atoms with E-state index in [1.54, 1.807) is 41.5 Å². The summed E-state index contributed by atoms with van der Waals surface area (Å²) in [5.41, 5.74) is -0.539. The van der Waals surface area contributed by atoms with E-state index in [1.807, 2.05) is 25.1 Å². The zero-order chi connectivity index (χ0) is 28.8. The molecule has 1 heterocycles. The van der Waals surface area contributed by atoms with Gasteiger partial charge in [-0.2, -0.15) is 4.90 Å². The summed E-state index contributed by atoms with van der Waals surface area (Å²) in [5.74, 6) is -0.550. The molecule has 1 aromatic carbocycles. The van der Waals surface area contributed by atoms with Crippen LogP contribution in [0.5, 0.6) is 0 Å².